The van der Waals surface area contributed by atoms with Gasteiger partial charge in [0.05, 0.1) is 13.5 Å². The molecule has 0 radical (unpaired) electrons. The lowest BCUT2D eigenvalue weighted by Crippen LogP contribution is -2.10. The third kappa shape index (κ3) is 2.54. The van der Waals surface area contributed by atoms with Crippen LogP contribution >= 0.6 is 0 Å². The summed E-state index contributed by atoms with van der Waals surface area (Å²) in [6.07, 6.45) is 2.74. The predicted molar refractivity (Wildman–Crippen MR) is 60.2 cm³/mol. The van der Waals surface area contributed by atoms with Crippen molar-refractivity contribution >= 4 is 5.97 Å². The minimum absolute atomic E-state index is 0.180. The summed E-state index contributed by atoms with van der Waals surface area (Å²) in [5.74, 6) is 0.841. The van der Waals surface area contributed by atoms with Crippen molar-refractivity contribution in [2.75, 3.05) is 7.11 Å². The molecule has 1 aliphatic carbocycles. The number of methoxy groups -OCH3 is 1. The van der Waals surface area contributed by atoms with E-state index >= 15 is 0 Å². The molecule has 1 aliphatic rings. The Morgan fingerprint density at radius 3 is 2.88 bits per heavy atom. The van der Waals surface area contributed by atoms with Crippen LogP contribution in [0.5, 0.6) is 5.75 Å². The number of phenols is 1. The largest absolute Gasteiger partial charge is 0.508 e. The van der Waals surface area contributed by atoms with Crippen LogP contribution in [0.3, 0.4) is 0 Å². The van der Waals surface area contributed by atoms with Crippen LogP contribution in [0.4, 0.5) is 0 Å². The molecule has 1 atom stereocenters. The Hall–Kier alpha value is -1.51. The zero-order chi connectivity index (χ0) is 11.5. The van der Waals surface area contributed by atoms with Crippen LogP contribution in [0, 0.1) is 5.92 Å². The van der Waals surface area contributed by atoms with Crippen molar-refractivity contribution in [3.63, 3.8) is 0 Å². The highest BCUT2D eigenvalue weighted by Gasteiger charge is 2.34. The van der Waals surface area contributed by atoms with Crippen LogP contribution in [-0.2, 0) is 9.53 Å². The molecule has 1 fully saturated rings. The molecule has 1 saturated carbocycles. The van der Waals surface area contributed by atoms with Gasteiger partial charge in [-0.2, -0.15) is 0 Å². The average molecular weight is 220 g/mol. The lowest BCUT2D eigenvalue weighted by molar-refractivity contribution is -0.141. The number of aromatic hydroxyl groups is 1. The van der Waals surface area contributed by atoms with Gasteiger partial charge < -0.3 is 9.84 Å². The van der Waals surface area contributed by atoms with Crippen molar-refractivity contribution < 1.29 is 14.6 Å². The van der Waals surface area contributed by atoms with E-state index in [2.05, 4.69) is 0 Å². The van der Waals surface area contributed by atoms with Crippen LogP contribution in [0.15, 0.2) is 24.3 Å². The summed E-state index contributed by atoms with van der Waals surface area (Å²) in [4.78, 5) is 11.3. The molecule has 0 saturated heterocycles. The number of esters is 1. The van der Waals surface area contributed by atoms with Gasteiger partial charge in [0.15, 0.2) is 0 Å². The van der Waals surface area contributed by atoms with Crippen molar-refractivity contribution in [1.82, 2.24) is 0 Å². The maximum Gasteiger partial charge on any atom is 0.306 e. The Labute approximate surface area is 95.0 Å². The Bertz CT molecular complexity index is 383. The number of carbonyl (C=O) groups is 1. The van der Waals surface area contributed by atoms with E-state index < -0.39 is 0 Å². The molecule has 0 unspecified atom stereocenters. The highest BCUT2D eigenvalue weighted by molar-refractivity contribution is 5.70. The Balaban J connectivity index is 2.15. The van der Waals surface area contributed by atoms with Crippen LogP contribution in [0.2, 0.25) is 0 Å². The highest BCUT2D eigenvalue weighted by Crippen LogP contribution is 2.45. The van der Waals surface area contributed by atoms with Gasteiger partial charge in [-0.15, -0.1) is 0 Å². The minimum Gasteiger partial charge on any atom is -0.508 e. The second-order valence-electron chi connectivity index (χ2n) is 4.32. The molecule has 1 aromatic rings. The van der Waals surface area contributed by atoms with Gasteiger partial charge in [0.2, 0.25) is 0 Å². The van der Waals surface area contributed by atoms with Gasteiger partial charge in [-0.05, 0) is 42.4 Å². The van der Waals surface area contributed by atoms with Gasteiger partial charge in [0.25, 0.3) is 0 Å². The van der Waals surface area contributed by atoms with Crippen LogP contribution in [-0.4, -0.2) is 18.2 Å². The van der Waals surface area contributed by atoms with Crippen LogP contribution in [0.1, 0.15) is 30.7 Å². The van der Waals surface area contributed by atoms with E-state index in [-0.39, 0.29) is 17.6 Å². The molecular weight excluding hydrogens is 204 g/mol. The molecule has 1 aromatic carbocycles. The smallest absolute Gasteiger partial charge is 0.306 e. The van der Waals surface area contributed by atoms with E-state index in [9.17, 15) is 9.90 Å². The average Bonchev–Trinajstić information content (AvgIpc) is 3.09. The molecule has 2 rings (SSSR count). The van der Waals surface area contributed by atoms with Crippen molar-refractivity contribution in [2.45, 2.75) is 25.2 Å². The summed E-state index contributed by atoms with van der Waals surface area (Å²) >= 11 is 0. The first-order chi connectivity index (χ1) is 7.70. The summed E-state index contributed by atoms with van der Waals surface area (Å²) in [6.45, 7) is 0. The van der Waals surface area contributed by atoms with E-state index in [1.54, 1.807) is 12.1 Å². The molecule has 3 heteroatoms. The van der Waals surface area contributed by atoms with Crippen LogP contribution < -0.4 is 0 Å². The van der Waals surface area contributed by atoms with Gasteiger partial charge >= 0.3 is 5.97 Å². The Morgan fingerprint density at radius 2 is 2.31 bits per heavy atom. The van der Waals surface area contributed by atoms with Gasteiger partial charge in [0, 0.05) is 0 Å². The molecule has 0 heterocycles. The number of benzene rings is 1. The Kier molecular flexibility index (Phi) is 3.13. The van der Waals surface area contributed by atoms with Crippen LogP contribution in [0.25, 0.3) is 0 Å². The second-order valence-corrected chi connectivity index (χ2v) is 4.32. The number of carbonyl (C=O) groups excluding carboxylic acids is 1. The van der Waals surface area contributed by atoms with Crippen molar-refractivity contribution in [2.24, 2.45) is 5.92 Å². The molecule has 3 nitrogen and oxygen atoms in total. The summed E-state index contributed by atoms with van der Waals surface area (Å²) in [5.41, 5.74) is 1.04. The predicted octanol–water partition coefficient (Wildman–Crippen LogP) is 2.45. The summed E-state index contributed by atoms with van der Waals surface area (Å²) < 4.78 is 4.71. The summed E-state index contributed by atoms with van der Waals surface area (Å²) in [7, 11) is 1.41. The van der Waals surface area contributed by atoms with E-state index in [0.29, 0.717) is 12.3 Å². The third-order valence-electron chi connectivity index (χ3n) is 3.10. The summed E-state index contributed by atoms with van der Waals surface area (Å²) in [5, 5.41) is 9.44. The molecule has 86 valence electrons. The molecule has 0 aliphatic heterocycles. The maximum atomic E-state index is 11.3. The van der Waals surface area contributed by atoms with Gasteiger partial charge in [-0.3, -0.25) is 4.79 Å². The third-order valence-corrected chi connectivity index (χ3v) is 3.10. The van der Waals surface area contributed by atoms with Gasteiger partial charge in [-0.1, -0.05) is 12.1 Å². The van der Waals surface area contributed by atoms with Crippen molar-refractivity contribution in [3.8, 4) is 5.75 Å². The monoisotopic (exact) mass is 220 g/mol. The van der Waals surface area contributed by atoms with E-state index in [1.807, 2.05) is 12.1 Å². The molecular formula is C13H16O3. The lowest BCUT2D eigenvalue weighted by atomic mass is 9.91. The first-order valence-electron chi connectivity index (χ1n) is 5.56. The quantitative estimate of drug-likeness (QED) is 0.793. The van der Waals surface area contributed by atoms with Gasteiger partial charge in [0.1, 0.15) is 5.75 Å². The lowest BCUT2D eigenvalue weighted by Gasteiger charge is -2.15. The first kappa shape index (κ1) is 11.0. The molecule has 16 heavy (non-hydrogen) atoms. The zero-order valence-corrected chi connectivity index (χ0v) is 9.35. The summed E-state index contributed by atoms with van der Waals surface area (Å²) in [6, 6.07) is 7.17. The maximum absolute atomic E-state index is 11.3. The number of phenolic OH excluding ortho intramolecular Hbond substituents is 1. The molecule has 0 aromatic heterocycles. The molecule has 1 N–H and O–H groups in total. The van der Waals surface area contributed by atoms with Gasteiger partial charge in [-0.25, -0.2) is 0 Å². The highest BCUT2D eigenvalue weighted by atomic mass is 16.5. The molecule has 0 amide bonds. The SMILES string of the molecule is COC(=O)C[C@@H](c1cccc(O)c1)C1CC1. The fourth-order valence-electron chi connectivity index (χ4n) is 2.07. The fourth-order valence-corrected chi connectivity index (χ4v) is 2.07. The molecule has 0 bridgehead atoms. The fraction of sp³-hybridized carbons (Fsp3) is 0.462. The zero-order valence-electron chi connectivity index (χ0n) is 9.35. The number of hydrogen-bond donors (Lipinski definition) is 1. The van der Waals surface area contributed by atoms with Crippen molar-refractivity contribution in [3.05, 3.63) is 29.8 Å². The van der Waals surface area contributed by atoms with E-state index in [0.717, 1.165) is 18.4 Å². The number of ether oxygens (including phenoxy) is 1. The van der Waals surface area contributed by atoms with E-state index in [4.69, 9.17) is 4.74 Å². The van der Waals surface area contributed by atoms with Crippen molar-refractivity contribution in [1.29, 1.82) is 0 Å². The normalized spacial score (nSPS) is 16.8. The number of rotatable bonds is 4. The Morgan fingerprint density at radius 1 is 1.56 bits per heavy atom. The second kappa shape index (κ2) is 4.56. The standard InChI is InChI=1S/C13H16O3/c1-16-13(15)8-12(9-5-6-9)10-3-2-4-11(14)7-10/h2-4,7,9,12,14H,5-6,8H2,1H3/t12-/m1/s1. The van der Waals surface area contributed by atoms with E-state index in [1.165, 1.54) is 7.11 Å². The first-order valence-corrected chi connectivity index (χ1v) is 5.56. The molecule has 0 spiro atoms. The topological polar surface area (TPSA) is 46.5 Å². The minimum atomic E-state index is -0.180. The number of hydrogen-bond acceptors (Lipinski definition) is 3.